The molecule has 0 N–H and O–H groups in total. The predicted molar refractivity (Wildman–Crippen MR) is 119 cm³/mol. The second-order valence-electron chi connectivity index (χ2n) is 12.3. The minimum atomic E-state index is 0.498. The van der Waals surface area contributed by atoms with Crippen molar-refractivity contribution in [2.75, 3.05) is 0 Å². The zero-order chi connectivity index (χ0) is 20.1. The van der Waals surface area contributed by atoms with E-state index in [-0.39, 0.29) is 0 Å². The Morgan fingerprint density at radius 1 is 0.500 bits per heavy atom. The van der Waals surface area contributed by atoms with Crippen LogP contribution in [0.4, 0.5) is 0 Å². The number of hydrogen-bond acceptors (Lipinski definition) is 0. The Morgan fingerprint density at radius 3 is 1.00 bits per heavy atom. The van der Waals surface area contributed by atoms with Gasteiger partial charge in [-0.1, -0.05) is 94.9 Å². The van der Waals surface area contributed by atoms with Gasteiger partial charge < -0.3 is 0 Å². The third-order valence-corrected chi connectivity index (χ3v) is 7.58. The molecule has 0 radical (unpaired) electrons. The van der Waals surface area contributed by atoms with E-state index >= 15 is 0 Å². The topological polar surface area (TPSA) is 0 Å². The average Bonchev–Trinajstić information content (AvgIpc) is 2.54. The molecule has 0 spiro atoms. The van der Waals surface area contributed by atoms with Gasteiger partial charge in [0.15, 0.2) is 0 Å². The van der Waals surface area contributed by atoms with Gasteiger partial charge in [-0.15, -0.1) is 0 Å². The van der Waals surface area contributed by atoms with E-state index in [1.54, 1.807) is 0 Å². The molecule has 0 bridgehead atoms. The molecule has 26 heavy (non-hydrogen) atoms. The van der Waals surface area contributed by atoms with Crippen molar-refractivity contribution >= 4 is 0 Å². The molecule has 0 heteroatoms. The normalized spacial score (nSPS) is 30.9. The molecule has 0 aromatic heterocycles. The van der Waals surface area contributed by atoms with Crippen LogP contribution in [0.5, 0.6) is 0 Å². The molecule has 0 aromatic rings. The summed E-state index contributed by atoms with van der Waals surface area (Å²) in [6.07, 6.45) is 11.7. The van der Waals surface area contributed by atoms with Crippen LogP contribution < -0.4 is 0 Å². The lowest BCUT2D eigenvalue weighted by molar-refractivity contribution is 0.0335. The van der Waals surface area contributed by atoms with E-state index in [1.807, 2.05) is 0 Å². The monoisotopic (exact) mass is 364 g/mol. The minimum absolute atomic E-state index is 0.498. The summed E-state index contributed by atoms with van der Waals surface area (Å²) < 4.78 is 0. The average molecular weight is 365 g/mol. The Hall–Kier alpha value is 0. The molecule has 0 aromatic carbocycles. The van der Waals surface area contributed by atoms with Crippen LogP contribution in [0, 0.1) is 46.3 Å². The van der Waals surface area contributed by atoms with Crippen LogP contribution in [0.25, 0.3) is 0 Å². The first-order valence-electron chi connectivity index (χ1n) is 11.9. The van der Waals surface area contributed by atoms with E-state index in [9.17, 15) is 0 Å². The Labute approximate surface area is 167 Å². The van der Waals surface area contributed by atoms with Crippen molar-refractivity contribution in [3.8, 4) is 0 Å². The van der Waals surface area contributed by atoms with Gasteiger partial charge in [0.2, 0.25) is 0 Å². The van der Waals surface area contributed by atoms with E-state index in [4.69, 9.17) is 0 Å². The van der Waals surface area contributed by atoms with Crippen LogP contribution in [0.2, 0.25) is 0 Å². The quantitative estimate of drug-likeness (QED) is 0.458. The van der Waals surface area contributed by atoms with Gasteiger partial charge in [0.05, 0.1) is 0 Å². The fourth-order valence-electron chi connectivity index (χ4n) is 6.05. The van der Waals surface area contributed by atoms with Gasteiger partial charge in [-0.2, -0.15) is 0 Å². The van der Waals surface area contributed by atoms with Crippen LogP contribution in [-0.2, 0) is 0 Å². The van der Waals surface area contributed by atoms with Gasteiger partial charge in [0, 0.05) is 0 Å². The highest BCUT2D eigenvalue weighted by atomic mass is 14.4. The van der Waals surface area contributed by atoms with Crippen molar-refractivity contribution in [1.29, 1.82) is 0 Å². The molecule has 2 aliphatic carbocycles. The maximum Gasteiger partial charge on any atom is -0.0332 e. The number of hydrogen-bond donors (Lipinski definition) is 0. The first-order valence-corrected chi connectivity index (χ1v) is 11.9. The smallest absolute Gasteiger partial charge is 0.0332 e. The molecule has 4 unspecified atom stereocenters. The predicted octanol–water partition coefficient (Wildman–Crippen LogP) is 8.99. The molecule has 2 aliphatic rings. The maximum absolute atomic E-state index is 2.42. The fourth-order valence-corrected chi connectivity index (χ4v) is 6.05. The van der Waals surface area contributed by atoms with Crippen molar-refractivity contribution in [3.63, 3.8) is 0 Å². The van der Waals surface area contributed by atoms with E-state index in [0.29, 0.717) is 10.8 Å². The van der Waals surface area contributed by atoms with E-state index < -0.39 is 0 Å². The molecule has 0 aliphatic heterocycles. The Kier molecular flexibility index (Phi) is 9.22. The van der Waals surface area contributed by atoms with E-state index in [0.717, 1.165) is 35.5 Å². The lowest BCUT2D eigenvalue weighted by atomic mass is 9.59. The lowest BCUT2D eigenvalue weighted by Gasteiger charge is -2.46. The second-order valence-corrected chi connectivity index (χ2v) is 12.3. The summed E-state index contributed by atoms with van der Waals surface area (Å²) in [6.45, 7) is 24.1. The van der Waals surface area contributed by atoms with Gasteiger partial charge in [0.25, 0.3) is 0 Å². The summed E-state index contributed by atoms with van der Waals surface area (Å²) in [5.74, 6) is 5.68. The Morgan fingerprint density at radius 2 is 0.769 bits per heavy atom. The highest BCUT2D eigenvalue weighted by Gasteiger charge is 2.39. The zero-order valence-corrected chi connectivity index (χ0v) is 20.1. The Balaban J connectivity index is 0.000000263. The first kappa shape index (κ1) is 24.0. The van der Waals surface area contributed by atoms with E-state index in [2.05, 4.69) is 69.2 Å². The van der Waals surface area contributed by atoms with Crippen molar-refractivity contribution in [2.45, 2.75) is 121 Å². The molecular weight excluding hydrogens is 312 g/mol. The molecule has 2 fully saturated rings. The van der Waals surface area contributed by atoms with Crippen molar-refractivity contribution < 1.29 is 0 Å². The van der Waals surface area contributed by atoms with Crippen LogP contribution in [0.3, 0.4) is 0 Å². The summed E-state index contributed by atoms with van der Waals surface area (Å²) in [6, 6.07) is 0. The molecule has 0 nitrogen and oxygen atoms in total. The summed E-state index contributed by atoms with van der Waals surface area (Å²) in [7, 11) is 0. The van der Waals surface area contributed by atoms with Crippen LogP contribution in [0.15, 0.2) is 0 Å². The summed E-state index contributed by atoms with van der Waals surface area (Å²) in [4.78, 5) is 0. The van der Waals surface area contributed by atoms with Crippen LogP contribution in [0.1, 0.15) is 121 Å². The number of rotatable bonds is 2. The van der Waals surface area contributed by atoms with Gasteiger partial charge in [-0.3, -0.25) is 0 Å². The molecule has 2 rings (SSSR count). The van der Waals surface area contributed by atoms with Crippen molar-refractivity contribution in [2.24, 2.45) is 46.3 Å². The van der Waals surface area contributed by atoms with Crippen LogP contribution in [-0.4, -0.2) is 0 Å². The molecule has 4 atom stereocenters. The van der Waals surface area contributed by atoms with Crippen molar-refractivity contribution in [3.05, 3.63) is 0 Å². The highest BCUT2D eigenvalue weighted by molar-refractivity contribution is 4.89. The van der Waals surface area contributed by atoms with Crippen molar-refractivity contribution in [1.82, 2.24) is 0 Å². The molecule has 0 heterocycles. The van der Waals surface area contributed by atoms with Gasteiger partial charge >= 0.3 is 0 Å². The third kappa shape index (κ3) is 7.20. The molecule has 2 saturated carbocycles. The van der Waals surface area contributed by atoms with Gasteiger partial charge in [0.1, 0.15) is 0 Å². The van der Waals surface area contributed by atoms with Gasteiger partial charge in [-0.25, -0.2) is 0 Å². The third-order valence-electron chi connectivity index (χ3n) is 7.58. The largest absolute Gasteiger partial charge is 0.0625 e. The standard InChI is InChI=1S/C14H28.C12H24/c1-13(2,3)11-9-7-8-10-12(11)14(4,5)6;1-9(2)11-7-5-6-8-12(11)10(3)4/h11-12H,7-10H2,1-6H3;9-12H,5-8H2,1-4H3. The van der Waals surface area contributed by atoms with E-state index in [1.165, 1.54) is 51.4 Å². The second kappa shape index (κ2) is 9.97. The fraction of sp³-hybridized carbons (Fsp3) is 1.00. The summed E-state index contributed by atoms with van der Waals surface area (Å²) in [5.41, 5.74) is 0.997. The molecule has 0 saturated heterocycles. The molecule has 0 amide bonds. The van der Waals surface area contributed by atoms with Crippen LogP contribution >= 0.6 is 0 Å². The minimum Gasteiger partial charge on any atom is -0.0625 e. The lowest BCUT2D eigenvalue weighted by Crippen LogP contribution is -2.38. The van der Waals surface area contributed by atoms with Gasteiger partial charge in [-0.05, 0) is 72.0 Å². The first-order chi connectivity index (χ1) is 11.9. The Bertz CT molecular complexity index is 338. The SMILES string of the molecule is CC(C)(C)C1CCCCC1C(C)(C)C.CC(C)C1CCCCC1C(C)C. The zero-order valence-electron chi connectivity index (χ0n) is 20.1. The summed E-state index contributed by atoms with van der Waals surface area (Å²) in [5, 5.41) is 0. The molecular formula is C26H52. The maximum atomic E-state index is 2.42. The summed E-state index contributed by atoms with van der Waals surface area (Å²) >= 11 is 0. The molecule has 156 valence electrons. The highest BCUT2D eigenvalue weighted by Crippen LogP contribution is 2.48.